The number of ether oxygens (including phenoxy) is 1. The van der Waals surface area contributed by atoms with Crippen LogP contribution in [0.25, 0.3) is 0 Å². The van der Waals surface area contributed by atoms with Crippen LogP contribution in [0.15, 0.2) is 54.6 Å². The van der Waals surface area contributed by atoms with Crippen molar-refractivity contribution in [3.8, 4) is 5.75 Å². The first kappa shape index (κ1) is 15.7. The van der Waals surface area contributed by atoms with Gasteiger partial charge in [0, 0.05) is 19.1 Å². The van der Waals surface area contributed by atoms with Crippen LogP contribution < -0.4 is 10.1 Å². The Hall–Kier alpha value is -1.84. The molecule has 1 N–H and O–H groups in total. The van der Waals surface area contributed by atoms with E-state index in [0.717, 1.165) is 24.1 Å². The van der Waals surface area contributed by atoms with E-state index in [9.17, 15) is 0 Å². The van der Waals surface area contributed by atoms with E-state index in [-0.39, 0.29) is 0 Å². The predicted molar refractivity (Wildman–Crippen MR) is 96.9 cm³/mol. The Labute approximate surface area is 144 Å². The summed E-state index contributed by atoms with van der Waals surface area (Å²) in [5.41, 5.74) is 2.58. The van der Waals surface area contributed by atoms with Gasteiger partial charge in [0.05, 0.1) is 0 Å². The summed E-state index contributed by atoms with van der Waals surface area (Å²) >= 11 is 0. The Morgan fingerprint density at radius 1 is 1.00 bits per heavy atom. The number of hydrogen-bond donors (Lipinski definition) is 1. The van der Waals surface area contributed by atoms with Crippen molar-refractivity contribution in [2.24, 2.45) is 11.8 Å². The van der Waals surface area contributed by atoms with Crippen LogP contribution in [0, 0.1) is 11.8 Å². The fraction of sp³-hybridized carbons (Fsp3) is 0.429. The molecular weight excluding hydrogens is 296 g/mol. The molecule has 2 aliphatic heterocycles. The SMILES string of the molecule is CC1C2CNCC2CN1Cc1ccc(OCc2ccccc2)cc1. The Morgan fingerprint density at radius 3 is 2.54 bits per heavy atom. The summed E-state index contributed by atoms with van der Waals surface area (Å²) in [6.45, 7) is 7.67. The quantitative estimate of drug-likeness (QED) is 0.914. The van der Waals surface area contributed by atoms with Crippen molar-refractivity contribution in [3.63, 3.8) is 0 Å². The molecular formula is C21H26N2O. The minimum absolute atomic E-state index is 0.625. The molecule has 3 nitrogen and oxygen atoms in total. The van der Waals surface area contributed by atoms with Crippen LogP contribution in [0.4, 0.5) is 0 Å². The molecule has 3 unspecified atom stereocenters. The molecule has 0 spiro atoms. The molecule has 0 bridgehead atoms. The molecule has 0 amide bonds. The third kappa shape index (κ3) is 3.33. The van der Waals surface area contributed by atoms with Crippen LogP contribution in [0.1, 0.15) is 18.1 Å². The van der Waals surface area contributed by atoms with Gasteiger partial charge in [-0.15, -0.1) is 0 Å². The van der Waals surface area contributed by atoms with Crippen LogP contribution in [0.2, 0.25) is 0 Å². The Kier molecular flexibility index (Phi) is 4.54. The van der Waals surface area contributed by atoms with Gasteiger partial charge in [-0.3, -0.25) is 4.90 Å². The summed E-state index contributed by atoms with van der Waals surface area (Å²) in [5, 5.41) is 3.53. The molecule has 2 fully saturated rings. The molecule has 3 atom stereocenters. The van der Waals surface area contributed by atoms with E-state index >= 15 is 0 Å². The minimum atomic E-state index is 0.625. The number of nitrogens with zero attached hydrogens (tertiary/aromatic N) is 1. The first-order valence-electron chi connectivity index (χ1n) is 9.00. The minimum Gasteiger partial charge on any atom is -0.489 e. The Morgan fingerprint density at radius 2 is 1.79 bits per heavy atom. The van der Waals surface area contributed by atoms with Crippen LogP contribution >= 0.6 is 0 Å². The van der Waals surface area contributed by atoms with E-state index in [4.69, 9.17) is 4.74 Å². The summed E-state index contributed by atoms with van der Waals surface area (Å²) in [5.74, 6) is 2.62. The monoisotopic (exact) mass is 322 g/mol. The van der Waals surface area contributed by atoms with Crippen molar-refractivity contribution in [3.05, 3.63) is 65.7 Å². The largest absolute Gasteiger partial charge is 0.489 e. The van der Waals surface area contributed by atoms with Gasteiger partial charge in [0.25, 0.3) is 0 Å². The molecule has 2 aromatic carbocycles. The maximum absolute atomic E-state index is 5.88. The van der Waals surface area contributed by atoms with Crippen LogP contribution in [0.3, 0.4) is 0 Å². The van der Waals surface area contributed by atoms with Gasteiger partial charge < -0.3 is 10.1 Å². The molecule has 2 aromatic rings. The van der Waals surface area contributed by atoms with Gasteiger partial charge >= 0.3 is 0 Å². The molecule has 24 heavy (non-hydrogen) atoms. The normalized spacial score (nSPS) is 26.5. The first-order chi connectivity index (χ1) is 11.8. The summed E-state index contributed by atoms with van der Waals surface area (Å²) < 4.78 is 5.88. The van der Waals surface area contributed by atoms with E-state index in [2.05, 4.69) is 53.5 Å². The van der Waals surface area contributed by atoms with Crippen LogP contribution in [0.5, 0.6) is 5.75 Å². The van der Waals surface area contributed by atoms with Crippen LogP contribution in [-0.2, 0) is 13.2 Å². The topological polar surface area (TPSA) is 24.5 Å². The standard InChI is InChI=1S/C21H26N2O/c1-16-21-12-22-11-19(21)14-23(16)13-17-7-9-20(10-8-17)24-15-18-5-3-2-4-6-18/h2-10,16,19,21-22H,11-15H2,1H3. The summed E-state index contributed by atoms with van der Waals surface area (Å²) in [7, 11) is 0. The van der Waals surface area contributed by atoms with Gasteiger partial charge in [-0.25, -0.2) is 0 Å². The van der Waals surface area contributed by atoms with E-state index in [0.29, 0.717) is 12.6 Å². The number of nitrogens with one attached hydrogen (secondary N) is 1. The molecule has 0 saturated carbocycles. The molecule has 0 aromatic heterocycles. The second-order valence-electron chi connectivity index (χ2n) is 7.17. The highest BCUT2D eigenvalue weighted by Crippen LogP contribution is 2.33. The zero-order chi connectivity index (χ0) is 16.4. The van der Waals surface area contributed by atoms with Crippen molar-refractivity contribution >= 4 is 0 Å². The van der Waals surface area contributed by atoms with E-state index in [1.165, 1.54) is 30.8 Å². The number of hydrogen-bond acceptors (Lipinski definition) is 3. The average molecular weight is 322 g/mol. The molecule has 0 radical (unpaired) electrons. The predicted octanol–water partition coefficient (Wildman–Crippen LogP) is 3.31. The summed E-state index contributed by atoms with van der Waals surface area (Å²) in [6, 6.07) is 19.6. The lowest BCUT2D eigenvalue weighted by molar-refractivity contribution is 0.231. The first-order valence-corrected chi connectivity index (χ1v) is 9.00. The molecule has 4 rings (SSSR count). The lowest BCUT2D eigenvalue weighted by atomic mass is 9.95. The van der Waals surface area contributed by atoms with E-state index < -0.39 is 0 Å². The van der Waals surface area contributed by atoms with Crippen molar-refractivity contribution in [2.75, 3.05) is 19.6 Å². The number of rotatable bonds is 5. The van der Waals surface area contributed by atoms with Crippen molar-refractivity contribution in [2.45, 2.75) is 26.1 Å². The summed E-state index contributed by atoms with van der Waals surface area (Å²) in [4.78, 5) is 2.63. The maximum atomic E-state index is 5.88. The van der Waals surface area contributed by atoms with Gasteiger partial charge in [0.2, 0.25) is 0 Å². The van der Waals surface area contributed by atoms with Gasteiger partial charge in [0.15, 0.2) is 0 Å². The average Bonchev–Trinajstić information content (AvgIpc) is 3.19. The molecule has 3 heteroatoms. The van der Waals surface area contributed by atoms with Gasteiger partial charge in [0.1, 0.15) is 12.4 Å². The molecule has 2 heterocycles. The molecule has 2 aliphatic rings. The number of fused-ring (bicyclic) bond motifs is 1. The highest BCUT2D eigenvalue weighted by Gasteiger charge is 2.41. The fourth-order valence-electron chi connectivity index (χ4n) is 4.13. The number of benzene rings is 2. The third-order valence-electron chi connectivity index (χ3n) is 5.61. The van der Waals surface area contributed by atoms with Crippen LogP contribution in [-0.4, -0.2) is 30.6 Å². The fourth-order valence-corrected chi connectivity index (χ4v) is 4.13. The molecule has 0 aliphatic carbocycles. The molecule has 126 valence electrons. The van der Waals surface area contributed by atoms with E-state index in [1.54, 1.807) is 0 Å². The smallest absolute Gasteiger partial charge is 0.119 e. The zero-order valence-corrected chi connectivity index (χ0v) is 14.3. The van der Waals surface area contributed by atoms with Crippen molar-refractivity contribution in [1.82, 2.24) is 10.2 Å². The Bertz CT molecular complexity index is 655. The second-order valence-corrected chi connectivity index (χ2v) is 7.17. The van der Waals surface area contributed by atoms with E-state index in [1.807, 2.05) is 18.2 Å². The summed E-state index contributed by atoms with van der Waals surface area (Å²) in [6.07, 6.45) is 0. The second kappa shape index (κ2) is 6.96. The van der Waals surface area contributed by atoms with Gasteiger partial charge in [-0.1, -0.05) is 42.5 Å². The highest BCUT2D eigenvalue weighted by molar-refractivity contribution is 5.28. The lowest BCUT2D eigenvalue weighted by Crippen LogP contribution is -2.32. The Balaban J connectivity index is 1.33. The lowest BCUT2D eigenvalue weighted by Gasteiger charge is -2.24. The third-order valence-corrected chi connectivity index (χ3v) is 5.61. The van der Waals surface area contributed by atoms with Gasteiger partial charge in [-0.05, 0) is 55.1 Å². The zero-order valence-electron chi connectivity index (χ0n) is 14.3. The van der Waals surface area contributed by atoms with Gasteiger partial charge in [-0.2, -0.15) is 0 Å². The van der Waals surface area contributed by atoms with Crippen molar-refractivity contribution in [1.29, 1.82) is 0 Å². The van der Waals surface area contributed by atoms with Crippen molar-refractivity contribution < 1.29 is 4.74 Å². The highest BCUT2D eigenvalue weighted by atomic mass is 16.5. The molecule has 2 saturated heterocycles. The number of likely N-dealkylation sites (tertiary alicyclic amines) is 1. The maximum Gasteiger partial charge on any atom is 0.119 e.